The third kappa shape index (κ3) is 5.84. The molecular formula is C28H26N2O5S. The molecular weight excluding hydrogens is 476 g/mol. The molecule has 0 saturated heterocycles. The maximum atomic E-state index is 13.7. The summed E-state index contributed by atoms with van der Waals surface area (Å²) in [5, 5.41) is 2.80. The van der Waals surface area contributed by atoms with Gasteiger partial charge >= 0.3 is 0 Å². The Bertz CT molecular complexity index is 1410. The van der Waals surface area contributed by atoms with Crippen LogP contribution < -0.4 is 19.1 Å². The Hall–Kier alpha value is -4.30. The molecule has 0 unspecified atom stereocenters. The van der Waals surface area contributed by atoms with Crippen molar-refractivity contribution in [1.29, 1.82) is 0 Å². The minimum absolute atomic E-state index is 0.0666. The number of hydrogen-bond acceptors (Lipinski definition) is 5. The zero-order valence-corrected chi connectivity index (χ0v) is 20.5. The lowest BCUT2D eigenvalue weighted by Crippen LogP contribution is -2.38. The maximum Gasteiger partial charge on any atom is 0.264 e. The van der Waals surface area contributed by atoms with Crippen LogP contribution in [0.2, 0.25) is 0 Å². The first kappa shape index (κ1) is 24.8. The van der Waals surface area contributed by atoms with E-state index in [9.17, 15) is 13.2 Å². The summed E-state index contributed by atoms with van der Waals surface area (Å²) in [6.45, 7) is 1.68. The number of anilines is 2. The first-order chi connectivity index (χ1) is 17.5. The van der Waals surface area contributed by atoms with Gasteiger partial charge in [0.2, 0.25) is 5.91 Å². The van der Waals surface area contributed by atoms with E-state index in [1.807, 2.05) is 25.1 Å². The predicted molar refractivity (Wildman–Crippen MR) is 140 cm³/mol. The van der Waals surface area contributed by atoms with Gasteiger partial charge in [0.1, 0.15) is 18.0 Å². The average molecular weight is 503 g/mol. The van der Waals surface area contributed by atoms with E-state index in [1.54, 1.807) is 78.9 Å². The van der Waals surface area contributed by atoms with Crippen LogP contribution in [-0.2, 0) is 14.8 Å². The van der Waals surface area contributed by atoms with E-state index in [4.69, 9.17) is 9.47 Å². The fourth-order valence-electron chi connectivity index (χ4n) is 3.55. The van der Waals surface area contributed by atoms with Crippen molar-refractivity contribution in [3.8, 4) is 17.2 Å². The van der Waals surface area contributed by atoms with Crippen LogP contribution in [0.1, 0.15) is 6.92 Å². The topological polar surface area (TPSA) is 84.9 Å². The third-order valence-corrected chi connectivity index (χ3v) is 6.96. The highest BCUT2D eigenvalue weighted by Crippen LogP contribution is 2.33. The number of nitrogens with zero attached hydrogens (tertiary/aromatic N) is 1. The van der Waals surface area contributed by atoms with Crippen molar-refractivity contribution in [3.05, 3.63) is 109 Å². The van der Waals surface area contributed by atoms with Gasteiger partial charge in [0.05, 0.1) is 22.9 Å². The molecule has 0 aliphatic rings. The van der Waals surface area contributed by atoms with Gasteiger partial charge in [-0.1, -0.05) is 60.7 Å². The molecule has 0 saturated carbocycles. The van der Waals surface area contributed by atoms with Gasteiger partial charge in [0.15, 0.2) is 5.75 Å². The smallest absolute Gasteiger partial charge is 0.264 e. The lowest BCUT2D eigenvalue weighted by Gasteiger charge is -2.26. The summed E-state index contributed by atoms with van der Waals surface area (Å²) in [6.07, 6.45) is 0. The number of nitrogens with one attached hydrogen (secondary N) is 1. The SMILES string of the molecule is CCOc1ccccc1N(CC(=O)Nc1ccccc1Oc1ccccc1)S(=O)(=O)c1ccccc1. The van der Waals surface area contributed by atoms with Gasteiger partial charge in [0, 0.05) is 0 Å². The van der Waals surface area contributed by atoms with Crippen LogP contribution in [0.3, 0.4) is 0 Å². The van der Waals surface area contributed by atoms with E-state index in [0.717, 1.165) is 4.31 Å². The van der Waals surface area contributed by atoms with Crippen molar-refractivity contribution in [2.24, 2.45) is 0 Å². The van der Waals surface area contributed by atoms with E-state index in [2.05, 4.69) is 5.32 Å². The summed E-state index contributed by atoms with van der Waals surface area (Å²) in [4.78, 5) is 13.3. The van der Waals surface area contributed by atoms with Gasteiger partial charge < -0.3 is 14.8 Å². The van der Waals surface area contributed by atoms with Crippen molar-refractivity contribution in [1.82, 2.24) is 0 Å². The Labute approximate surface area is 211 Å². The van der Waals surface area contributed by atoms with Crippen LogP contribution in [0.5, 0.6) is 17.2 Å². The van der Waals surface area contributed by atoms with Crippen molar-refractivity contribution in [2.45, 2.75) is 11.8 Å². The fourth-order valence-corrected chi connectivity index (χ4v) is 5.01. The molecule has 36 heavy (non-hydrogen) atoms. The first-order valence-corrected chi connectivity index (χ1v) is 12.8. The van der Waals surface area contributed by atoms with E-state index in [0.29, 0.717) is 29.5 Å². The standard InChI is InChI=1S/C28H26N2O5S/c1-2-34-27-20-12-10-18-25(27)30(36(32,33)23-15-7-4-8-16-23)21-28(31)29-24-17-9-11-19-26(24)35-22-13-5-3-6-14-22/h3-20H,2,21H2,1H3,(H,29,31). The number of amides is 1. The largest absolute Gasteiger partial charge is 0.492 e. The summed E-state index contributed by atoms with van der Waals surface area (Å²) < 4.78 is 40.0. The Balaban J connectivity index is 1.65. The molecule has 4 aromatic carbocycles. The molecule has 7 nitrogen and oxygen atoms in total. The highest BCUT2D eigenvalue weighted by atomic mass is 32.2. The van der Waals surface area contributed by atoms with Crippen LogP contribution in [0, 0.1) is 0 Å². The van der Waals surface area contributed by atoms with Gasteiger partial charge in [-0.2, -0.15) is 0 Å². The molecule has 4 rings (SSSR count). The number of sulfonamides is 1. The predicted octanol–water partition coefficient (Wildman–Crippen LogP) is 5.71. The molecule has 8 heteroatoms. The lowest BCUT2D eigenvalue weighted by molar-refractivity contribution is -0.114. The summed E-state index contributed by atoms with van der Waals surface area (Å²) in [6, 6.07) is 30.9. The second kappa shape index (κ2) is 11.4. The van der Waals surface area contributed by atoms with E-state index >= 15 is 0 Å². The molecule has 184 valence electrons. The normalized spacial score (nSPS) is 10.9. The van der Waals surface area contributed by atoms with Gasteiger partial charge in [0.25, 0.3) is 10.0 Å². The number of hydrogen-bond donors (Lipinski definition) is 1. The summed E-state index contributed by atoms with van der Waals surface area (Å²) in [7, 11) is -4.08. The number of rotatable bonds is 10. The minimum atomic E-state index is -4.08. The van der Waals surface area contributed by atoms with Gasteiger partial charge in [-0.3, -0.25) is 9.10 Å². The number of ether oxygens (including phenoxy) is 2. The third-order valence-electron chi connectivity index (χ3n) is 5.18. The second-order valence-electron chi connectivity index (χ2n) is 7.68. The van der Waals surface area contributed by atoms with Crippen LogP contribution >= 0.6 is 0 Å². The van der Waals surface area contributed by atoms with Crippen LogP contribution in [0.4, 0.5) is 11.4 Å². The van der Waals surface area contributed by atoms with E-state index in [1.165, 1.54) is 12.1 Å². The van der Waals surface area contributed by atoms with E-state index < -0.39 is 22.5 Å². The van der Waals surface area contributed by atoms with E-state index in [-0.39, 0.29) is 10.6 Å². The Morgan fingerprint density at radius 2 is 1.36 bits per heavy atom. The first-order valence-electron chi connectivity index (χ1n) is 11.4. The molecule has 4 aromatic rings. The van der Waals surface area contributed by atoms with Gasteiger partial charge in [-0.25, -0.2) is 8.42 Å². The highest BCUT2D eigenvalue weighted by Gasteiger charge is 2.29. The van der Waals surface area contributed by atoms with Crippen molar-refractivity contribution in [2.75, 3.05) is 22.8 Å². The number of carbonyl (C=O) groups excluding carboxylic acids is 1. The van der Waals surface area contributed by atoms with Crippen LogP contribution in [0.15, 0.2) is 114 Å². The molecule has 0 aliphatic carbocycles. The molecule has 0 fully saturated rings. The van der Waals surface area contributed by atoms with Crippen molar-refractivity contribution in [3.63, 3.8) is 0 Å². The second-order valence-corrected chi connectivity index (χ2v) is 9.55. The molecule has 0 bridgehead atoms. The molecule has 1 N–H and O–H groups in total. The Kier molecular flexibility index (Phi) is 7.87. The average Bonchev–Trinajstić information content (AvgIpc) is 2.90. The minimum Gasteiger partial charge on any atom is -0.492 e. The Morgan fingerprint density at radius 1 is 0.778 bits per heavy atom. The molecule has 0 aliphatic heterocycles. The van der Waals surface area contributed by atoms with Gasteiger partial charge in [-0.15, -0.1) is 0 Å². The quantitative estimate of drug-likeness (QED) is 0.300. The zero-order chi connectivity index (χ0) is 25.4. The van der Waals surface area contributed by atoms with Crippen LogP contribution in [-0.4, -0.2) is 27.5 Å². The maximum absolute atomic E-state index is 13.7. The summed E-state index contributed by atoms with van der Waals surface area (Å²) >= 11 is 0. The molecule has 0 spiro atoms. The fraction of sp³-hybridized carbons (Fsp3) is 0.107. The molecule has 0 aromatic heterocycles. The molecule has 0 heterocycles. The molecule has 0 atom stereocenters. The highest BCUT2D eigenvalue weighted by molar-refractivity contribution is 7.92. The number of para-hydroxylation sites is 5. The number of carbonyl (C=O) groups is 1. The zero-order valence-electron chi connectivity index (χ0n) is 19.7. The van der Waals surface area contributed by atoms with Crippen molar-refractivity contribution < 1.29 is 22.7 Å². The van der Waals surface area contributed by atoms with Gasteiger partial charge in [-0.05, 0) is 55.5 Å². The van der Waals surface area contributed by atoms with Crippen LogP contribution in [0.25, 0.3) is 0 Å². The van der Waals surface area contributed by atoms with Crippen molar-refractivity contribution >= 4 is 27.3 Å². The molecule has 1 amide bonds. The summed E-state index contributed by atoms with van der Waals surface area (Å²) in [5.41, 5.74) is 0.689. The number of benzene rings is 4. The summed E-state index contributed by atoms with van der Waals surface area (Å²) in [5.74, 6) is 0.868. The monoisotopic (exact) mass is 502 g/mol. The Morgan fingerprint density at radius 3 is 2.06 bits per heavy atom. The lowest BCUT2D eigenvalue weighted by atomic mass is 10.2. The molecule has 0 radical (unpaired) electrons.